The summed E-state index contributed by atoms with van der Waals surface area (Å²) in [5.41, 5.74) is 5.00. The first kappa shape index (κ1) is 18.2. The third kappa shape index (κ3) is 3.76. The van der Waals surface area contributed by atoms with Crippen molar-refractivity contribution in [3.05, 3.63) is 70.8 Å². The topological polar surface area (TPSA) is 70.0 Å². The van der Waals surface area contributed by atoms with Crippen LogP contribution in [0.1, 0.15) is 34.8 Å². The number of β-amino-alcohol motifs (C(OH)–C–C–N with tert-alkyl or cyclic N) is 1. The molecule has 1 heterocycles. The van der Waals surface area contributed by atoms with E-state index in [2.05, 4.69) is 36.4 Å². The molecule has 5 heteroatoms. The summed E-state index contributed by atoms with van der Waals surface area (Å²) >= 11 is 0. The summed E-state index contributed by atoms with van der Waals surface area (Å²) in [6.07, 6.45) is 1.55. The molecule has 142 valence electrons. The highest BCUT2D eigenvalue weighted by atomic mass is 16.5. The van der Waals surface area contributed by atoms with Gasteiger partial charge in [0.05, 0.1) is 12.7 Å². The lowest BCUT2D eigenvalue weighted by atomic mass is 9.97. The monoisotopic (exact) mass is 367 g/mol. The molecule has 0 unspecified atom stereocenters. The Bertz CT molecular complexity index is 774. The highest BCUT2D eigenvalue weighted by Gasteiger charge is 2.35. The van der Waals surface area contributed by atoms with Crippen LogP contribution in [-0.2, 0) is 22.4 Å². The van der Waals surface area contributed by atoms with Crippen LogP contribution in [0.2, 0.25) is 0 Å². The van der Waals surface area contributed by atoms with Gasteiger partial charge >= 0.3 is 5.97 Å². The number of aliphatic carboxylic acids is 1. The molecule has 0 aromatic heterocycles. The van der Waals surface area contributed by atoms with Gasteiger partial charge in [0.15, 0.2) is 0 Å². The molecule has 2 aliphatic rings. The van der Waals surface area contributed by atoms with Gasteiger partial charge in [0.2, 0.25) is 0 Å². The molecule has 0 spiro atoms. The maximum absolute atomic E-state index is 11.4. The smallest absolute Gasteiger partial charge is 0.321 e. The van der Waals surface area contributed by atoms with E-state index in [1.165, 1.54) is 22.3 Å². The fraction of sp³-hybridized carbons (Fsp3) is 0.409. The van der Waals surface area contributed by atoms with E-state index in [1.54, 1.807) is 0 Å². The average molecular weight is 367 g/mol. The molecule has 2 aromatic carbocycles. The van der Waals surface area contributed by atoms with Crippen molar-refractivity contribution in [2.45, 2.75) is 37.5 Å². The minimum atomic E-state index is -0.878. The summed E-state index contributed by atoms with van der Waals surface area (Å²) in [5, 5.41) is 19.2. The summed E-state index contributed by atoms with van der Waals surface area (Å²) in [4.78, 5) is 13.2. The van der Waals surface area contributed by atoms with Crippen molar-refractivity contribution >= 4 is 5.97 Å². The predicted octanol–water partition coefficient (Wildman–Crippen LogP) is 2.41. The van der Waals surface area contributed by atoms with Gasteiger partial charge < -0.3 is 14.9 Å². The number of aliphatic hydroxyl groups excluding tert-OH is 1. The van der Waals surface area contributed by atoms with Gasteiger partial charge in [-0.25, -0.2) is 0 Å². The minimum Gasteiger partial charge on any atom is -0.480 e. The van der Waals surface area contributed by atoms with Gasteiger partial charge in [0, 0.05) is 19.5 Å². The minimum absolute atomic E-state index is 0.143. The summed E-state index contributed by atoms with van der Waals surface area (Å²) in [6.45, 7) is 1.30. The Morgan fingerprint density at radius 2 is 1.63 bits per heavy atom. The zero-order valence-electron chi connectivity index (χ0n) is 15.3. The van der Waals surface area contributed by atoms with E-state index < -0.39 is 18.1 Å². The van der Waals surface area contributed by atoms with Gasteiger partial charge in [-0.3, -0.25) is 9.69 Å². The van der Waals surface area contributed by atoms with Crippen LogP contribution in [0.5, 0.6) is 0 Å². The van der Waals surface area contributed by atoms with Crippen molar-refractivity contribution in [1.82, 2.24) is 4.90 Å². The molecule has 1 aliphatic heterocycles. The quantitative estimate of drug-likeness (QED) is 0.849. The van der Waals surface area contributed by atoms with Crippen molar-refractivity contribution < 1.29 is 19.7 Å². The summed E-state index contributed by atoms with van der Waals surface area (Å²) in [6, 6.07) is 16.2. The Morgan fingerprint density at radius 3 is 2.22 bits per heavy atom. The number of carboxylic acids is 1. The lowest BCUT2D eigenvalue weighted by molar-refractivity contribution is -0.142. The number of carboxylic acid groups (broad SMARTS) is 1. The summed E-state index contributed by atoms with van der Waals surface area (Å²) in [5.74, 6) is -0.878. The third-order valence-corrected chi connectivity index (χ3v) is 5.67. The number of likely N-dealkylation sites (tertiary alicyclic amines) is 1. The first-order valence-corrected chi connectivity index (χ1v) is 9.55. The largest absolute Gasteiger partial charge is 0.480 e. The molecule has 1 saturated heterocycles. The molecule has 0 amide bonds. The van der Waals surface area contributed by atoms with Crippen LogP contribution < -0.4 is 0 Å². The van der Waals surface area contributed by atoms with Crippen molar-refractivity contribution in [2.75, 3.05) is 19.7 Å². The van der Waals surface area contributed by atoms with E-state index in [1.807, 2.05) is 17.0 Å². The molecular formula is C22H25NO4. The fourth-order valence-electron chi connectivity index (χ4n) is 4.32. The number of ether oxygens (including phenoxy) is 1. The summed E-state index contributed by atoms with van der Waals surface area (Å²) in [7, 11) is 0. The van der Waals surface area contributed by atoms with Crippen LogP contribution in [0.3, 0.4) is 0 Å². The van der Waals surface area contributed by atoms with E-state index >= 15 is 0 Å². The molecule has 1 fully saturated rings. The Kier molecular flexibility index (Phi) is 5.25. The van der Waals surface area contributed by atoms with E-state index in [4.69, 9.17) is 4.74 Å². The molecule has 5 nitrogen and oxygen atoms in total. The van der Waals surface area contributed by atoms with Crippen LogP contribution in [0.4, 0.5) is 0 Å². The standard InChI is InChI=1S/C22H25NO4/c24-17-13-20(22(25)26)23(14-17)11-12-27-21-18-7-3-1-5-15(18)9-10-16-6-2-4-8-19(16)21/h1-8,17,20-21,24H,9-14H2,(H,25,26)/t17-,20+/m1/s1. The maximum Gasteiger partial charge on any atom is 0.321 e. The first-order valence-electron chi connectivity index (χ1n) is 9.55. The van der Waals surface area contributed by atoms with Gasteiger partial charge in [0.25, 0.3) is 0 Å². The number of fused-ring (bicyclic) bond motifs is 2. The number of aryl methyl sites for hydroxylation is 2. The number of benzene rings is 2. The predicted molar refractivity (Wildman–Crippen MR) is 102 cm³/mol. The second-order valence-corrected chi connectivity index (χ2v) is 7.39. The highest BCUT2D eigenvalue weighted by Crippen LogP contribution is 2.35. The molecule has 0 bridgehead atoms. The lowest BCUT2D eigenvalue weighted by Crippen LogP contribution is -2.38. The van der Waals surface area contributed by atoms with Gasteiger partial charge in [-0.05, 0) is 35.1 Å². The Morgan fingerprint density at radius 1 is 1.04 bits per heavy atom. The normalized spacial score (nSPS) is 22.9. The second-order valence-electron chi connectivity index (χ2n) is 7.39. The Hall–Kier alpha value is -2.21. The summed E-state index contributed by atoms with van der Waals surface area (Å²) < 4.78 is 6.32. The maximum atomic E-state index is 11.4. The van der Waals surface area contributed by atoms with E-state index in [0.29, 0.717) is 19.7 Å². The molecule has 0 radical (unpaired) electrons. The fourth-order valence-corrected chi connectivity index (χ4v) is 4.32. The number of aliphatic hydroxyl groups is 1. The van der Waals surface area contributed by atoms with Crippen molar-refractivity contribution in [3.8, 4) is 0 Å². The van der Waals surface area contributed by atoms with Crippen molar-refractivity contribution in [1.29, 1.82) is 0 Å². The van der Waals surface area contributed by atoms with Gasteiger partial charge in [-0.2, -0.15) is 0 Å². The number of carbonyl (C=O) groups is 1. The number of hydrogen-bond donors (Lipinski definition) is 2. The number of nitrogens with zero attached hydrogens (tertiary/aromatic N) is 1. The molecule has 0 saturated carbocycles. The van der Waals surface area contributed by atoms with E-state index in [-0.39, 0.29) is 12.5 Å². The van der Waals surface area contributed by atoms with Crippen molar-refractivity contribution in [2.24, 2.45) is 0 Å². The SMILES string of the molecule is O=C(O)[C@@H]1C[C@@H](O)CN1CCOC1c2ccccc2CCc2ccccc21. The average Bonchev–Trinajstić information content (AvgIpc) is 2.97. The molecule has 4 rings (SSSR count). The van der Waals surface area contributed by atoms with Crippen molar-refractivity contribution in [3.63, 3.8) is 0 Å². The molecule has 1 aliphatic carbocycles. The number of rotatable bonds is 5. The molecule has 27 heavy (non-hydrogen) atoms. The Labute approximate surface area is 159 Å². The number of hydrogen-bond acceptors (Lipinski definition) is 4. The van der Waals surface area contributed by atoms with Crippen LogP contribution in [0, 0.1) is 0 Å². The lowest BCUT2D eigenvalue weighted by Gasteiger charge is -2.24. The van der Waals surface area contributed by atoms with Gasteiger partial charge in [-0.15, -0.1) is 0 Å². The van der Waals surface area contributed by atoms with Gasteiger partial charge in [0.1, 0.15) is 12.1 Å². The van der Waals surface area contributed by atoms with Crippen LogP contribution in [0.15, 0.2) is 48.5 Å². The zero-order chi connectivity index (χ0) is 18.8. The molecule has 2 aromatic rings. The van der Waals surface area contributed by atoms with E-state index in [9.17, 15) is 15.0 Å². The Balaban J connectivity index is 1.52. The molecule has 2 atom stereocenters. The first-order chi connectivity index (χ1) is 13.1. The second kappa shape index (κ2) is 7.80. The van der Waals surface area contributed by atoms with Crippen LogP contribution >= 0.6 is 0 Å². The molecule has 2 N–H and O–H groups in total. The van der Waals surface area contributed by atoms with Crippen LogP contribution in [-0.4, -0.2) is 52.9 Å². The van der Waals surface area contributed by atoms with E-state index in [0.717, 1.165) is 12.8 Å². The zero-order valence-corrected chi connectivity index (χ0v) is 15.3. The van der Waals surface area contributed by atoms with Crippen LogP contribution in [0.25, 0.3) is 0 Å². The highest BCUT2D eigenvalue weighted by molar-refractivity contribution is 5.74. The molecular weight excluding hydrogens is 342 g/mol. The third-order valence-electron chi connectivity index (χ3n) is 5.67. The van der Waals surface area contributed by atoms with Gasteiger partial charge in [-0.1, -0.05) is 48.5 Å².